The van der Waals surface area contributed by atoms with E-state index in [2.05, 4.69) is 14.7 Å². The quantitative estimate of drug-likeness (QED) is 0.640. The number of hydrogen-bond donors (Lipinski definition) is 2. The number of aromatic nitrogens is 2. The Labute approximate surface area is 63.1 Å². The summed E-state index contributed by atoms with van der Waals surface area (Å²) >= 11 is 1.22. The fourth-order valence-corrected chi connectivity index (χ4v) is 1.11. The van der Waals surface area contributed by atoms with Crippen LogP contribution in [0.25, 0.3) is 0 Å². The molecule has 0 amide bonds. The van der Waals surface area contributed by atoms with Crippen LogP contribution in [-0.4, -0.2) is 28.1 Å². The van der Waals surface area contributed by atoms with Gasteiger partial charge in [0.25, 0.3) is 0 Å². The highest BCUT2D eigenvalue weighted by atomic mass is 32.1. The van der Waals surface area contributed by atoms with Gasteiger partial charge in [-0.15, -0.1) is 0 Å². The van der Waals surface area contributed by atoms with Gasteiger partial charge in [0.15, 0.2) is 0 Å². The highest BCUT2D eigenvalue weighted by molar-refractivity contribution is 7.05. The largest absolute Gasteiger partial charge is 0.385 e. The molecule has 1 heterocycles. The zero-order valence-corrected chi connectivity index (χ0v) is 6.43. The molecule has 0 aliphatic rings. The molecule has 0 aliphatic carbocycles. The van der Waals surface area contributed by atoms with Gasteiger partial charge >= 0.3 is 0 Å². The van der Waals surface area contributed by atoms with E-state index in [-0.39, 0.29) is 0 Å². The van der Waals surface area contributed by atoms with E-state index in [0.717, 1.165) is 0 Å². The molecule has 0 bridgehead atoms. The second kappa shape index (κ2) is 3.60. The smallest absolute Gasteiger partial charge is 0.143 e. The molecule has 2 N–H and O–H groups in total. The van der Waals surface area contributed by atoms with E-state index in [0.29, 0.717) is 11.6 Å². The molecule has 0 aromatic carbocycles. The van der Waals surface area contributed by atoms with E-state index in [1.807, 2.05) is 0 Å². The van der Waals surface area contributed by atoms with E-state index in [4.69, 9.17) is 0 Å². The fourth-order valence-electron chi connectivity index (χ4n) is 0.609. The minimum Gasteiger partial charge on any atom is -0.385 e. The summed E-state index contributed by atoms with van der Waals surface area (Å²) in [6.07, 6.45) is 0.927. The van der Waals surface area contributed by atoms with Gasteiger partial charge in [0.05, 0.1) is 0 Å². The van der Waals surface area contributed by atoms with Gasteiger partial charge in [-0.2, -0.15) is 4.37 Å². The van der Waals surface area contributed by atoms with Crippen LogP contribution in [0.15, 0.2) is 6.33 Å². The second-order valence-corrected chi connectivity index (χ2v) is 2.66. The van der Waals surface area contributed by atoms with Gasteiger partial charge in [-0.3, -0.25) is 0 Å². The molecule has 1 rings (SSSR count). The highest BCUT2D eigenvalue weighted by Gasteiger charge is 2.08. The van der Waals surface area contributed by atoms with Crippen molar-refractivity contribution in [1.29, 1.82) is 0 Å². The average molecular weight is 159 g/mol. The number of likely N-dealkylation sites (N-methyl/N-ethyl adjacent to an activating group) is 1. The molecule has 1 aromatic heterocycles. The summed E-state index contributed by atoms with van der Waals surface area (Å²) in [7, 11) is 1.78. The van der Waals surface area contributed by atoms with Gasteiger partial charge < -0.3 is 10.4 Å². The Morgan fingerprint density at radius 1 is 1.90 bits per heavy atom. The molecule has 56 valence electrons. The van der Waals surface area contributed by atoms with E-state index >= 15 is 0 Å². The molecular weight excluding hydrogens is 150 g/mol. The first-order valence-corrected chi connectivity index (χ1v) is 3.71. The molecule has 5 heteroatoms. The normalized spacial score (nSPS) is 13.4. The van der Waals surface area contributed by atoms with Crippen molar-refractivity contribution < 1.29 is 5.11 Å². The minimum atomic E-state index is -0.516. The lowest BCUT2D eigenvalue weighted by atomic mass is 10.4. The first-order chi connectivity index (χ1) is 4.84. The number of nitrogens with zero attached hydrogens (tertiary/aromatic N) is 2. The van der Waals surface area contributed by atoms with Gasteiger partial charge in [0, 0.05) is 6.54 Å². The van der Waals surface area contributed by atoms with Crippen LogP contribution >= 0.6 is 11.5 Å². The monoisotopic (exact) mass is 159 g/mol. The van der Waals surface area contributed by atoms with Crippen LogP contribution < -0.4 is 5.32 Å². The predicted molar refractivity (Wildman–Crippen MR) is 38.8 cm³/mol. The number of aliphatic hydroxyl groups is 1. The van der Waals surface area contributed by atoms with Gasteiger partial charge in [-0.1, -0.05) is 0 Å². The van der Waals surface area contributed by atoms with E-state index in [1.54, 1.807) is 7.05 Å². The van der Waals surface area contributed by atoms with Crippen molar-refractivity contribution in [3.8, 4) is 0 Å². The van der Waals surface area contributed by atoms with Crippen molar-refractivity contribution in [3.05, 3.63) is 11.3 Å². The molecular formula is C5H9N3OS. The predicted octanol–water partition coefficient (Wildman–Crippen LogP) is -0.209. The Hall–Kier alpha value is -0.520. The van der Waals surface area contributed by atoms with Crippen LogP contribution in [0.2, 0.25) is 0 Å². The molecule has 0 saturated heterocycles. The SMILES string of the molecule is CNCC(O)c1ncns1. The lowest BCUT2D eigenvalue weighted by molar-refractivity contribution is 0.177. The van der Waals surface area contributed by atoms with Crippen molar-refractivity contribution in [3.63, 3.8) is 0 Å². The van der Waals surface area contributed by atoms with Crippen LogP contribution in [0.5, 0.6) is 0 Å². The maximum Gasteiger partial charge on any atom is 0.143 e. The zero-order chi connectivity index (χ0) is 7.40. The van der Waals surface area contributed by atoms with Crippen LogP contribution in [0.4, 0.5) is 0 Å². The molecule has 0 radical (unpaired) electrons. The third-order valence-corrected chi connectivity index (χ3v) is 1.83. The van der Waals surface area contributed by atoms with Crippen molar-refractivity contribution in [1.82, 2.24) is 14.7 Å². The summed E-state index contributed by atoms with van der Waals surface area (Å²) < 4.78 is 3.77. The highest BCUT2D eigenvalue weighted by Crippen LogP contribution is 2.10. The summed E-state index contributed by atoms with van der Waals surface area (Å²) in [6, 6.07) is 0. The molecule has 1 unspecified atom stereocenters. The Morgan fingerprint density at radius 3 is 3.20 bits per heavy atom. The van der Waals surface area contributed by atoms with Crippen molar-refractivity contribution >= 4 is 11.5 Å². The van der Waals surface area contributed by atoms with Gasteiger partial charge in [0.2, 0.25) is 0 Å². The van der Waals surface area contributed by atoms with E-state index in [1.165, 1.54) is 17.9 Å². The van der Waals surface area contributed by atoms with Crippen molar-refractivity contribution in [2.75, 3.05) is 13.6 Å². The molecule has 0 spiro atoms. The number of rotatable bonds is 3. The fraction of sp³-hybridized carbons (Fsp3) is 0.600. The van der Waals surface area contributed by atoms with E-state index in [9.17, 15) is 5.11 Å². The van der Waals surface area contributed by atoms with Crippen LogP contribution in [0.3, 0.4) is 0 Å². The lowest BCUT2D eigenvalue weighted by Crippen LogP contribution is -2.16. The summed E-state index contributed by atoms with van der Waals surface area (Å²) in [6.45, 7) is 0.523. The summed E-state index contributed by atoms with van der Waals surface area (Å²) in [5, 5.41) is 12.8. The second-order valence-electron chi connectivity index (χ2n) is 1.85. The topological polar surface area (TPSA) is 58.0 Å². The Bertz CT molecular complexity index is 177. The Morgan fingerprint density at radius 2 is 2.70 bits per heavy atom. The van der Waals surface area contributed by atoms with Crippen molar-refractivity contribution in [2.24, 2.45) is 0 Å². The van der Waals surface area contributed by atoms with Gasteiger partial charge in [-0.05, 0) is 18.6 Å². The maximum atomic E-state index is 9.25. The third-order valence-electron chi connectivity index (χ3n) is 1.06. The first kappa shape index (κ1) is 7.59. The van der Waals surface area contributed by atoms with Crippen LogP contribution in [-0.2, 0) is 0 Å². The van der Waals surface area contributed by atoms with Gasteiger partial charge in [-0.25, -0.2) is 4.98 Å². The number of hydrogen-bond acceptors (Lipinski definition) is 5. The third kappa shape index (κ3) is 1.73. The Balaban J connectivity index is 2.50. The minimum absolute atomic E-state index is 0.516. The average Bonchev–Trinajstić information content (AvgIpc) is 2.38. The van der Waals surface area contributed by atoms with E-state index < -0.39 is 6.10 Å². The zero-order valence-electron chi connectivity index (χ0n) is 5.61. The standard InChI is InChI=1S/C5H9N3OS/c1-6-2-4(9)5-7-3-8-10-5/h3-4,6,9H,2H2,1H3. The summed E-state index contributed by atoms with van der Waals surface area (Å²) in [5.74, 6) is 0. The maximum absolute atomic E-state index is 9.25. The molecule has 1 atom stereocenters. The van der Waals surface area contributed by atoms with Crippen LogP contribution in [0.1, 0.15) is 11.1 Å². The molecule has 0 fully saturated rings. The van der Waals surface area contributed by atoms with Crippen molar-refractivity contribution in [2.45, 2.75) is 6.10 Å². The van der Waals surface area contributed by atoms with Gasteiger partial charge in [0.1, 0.15) is 17.4 Å². The molecule has 10 heavy (non-hydrogen) atoms. The Kier molecular flexibility index (Phi) is 2.73. The molecule has 4 nitrogen and oxygen atoms in total. The summed E-state index contributed by atoms with van der Waals surface area (Å²) in [4.78, 5) is 3.85. The number of aliphatic hydroxyl groups excluding tert-OH is 1. The summed E-state index contributed by atoms with van der Waals surface area (Å²) in [5.41, 5.74) is 0. The lowest BCUT2D eigenvalue weighted by Gasteiger charge is -2.03. The van der Waals surface area contributed by atoms with Crippen LogP contribution in [0, 0.1) is 0 Å². The first-order valence-electron chi connectivity index (χ1n) is 2.94. The molecule has 0 saturated carbocycles. The number of nitrogens with one attached hydrogen (secondary N) is 1. The molecule has 1 aromatic rings. The molecule has 0 aliphatic heterocycles.